The molecule has 136 valence electrons. The van der Waals surface area contributed by atoms with E-state index in [0.717, 1.165) is 33.4 Å². The van der Waals surface area contributed by atoms with Gasteiger partial charge in [0, 0.05) is 16.0 Å². The summed E-state index contributed by atoms with van der Waals surface area (Å²) in [6.07, 6.45) is 6.22. The van der Waals surface area contributed by atoms with Gasteiger partial charge in [-0.15, -0.1) is 0 Å². The molecule has 0 amide bonds. The van der Waals surface area contributed by atoms with Crippen LogP contribution in [0, 0.1) is 0 Å². The smallest absolute Gasteiger partial charge is 0.278 e. The molecule has 0 spiro atoms. The highest BCUT2D eigenvalue weighted by molar-refractivity contribution is 14.1. The van der Waals surface area contributed by atoms with Gasteiger partial charge in [-0.3, -0.25) is 14.5 Å². The second kappa shape index (κ2) is 7.56. The molecule has 0 bridgehead atoms. The van der Waals surface area contributed by atoms with Gasteiger partial charge in [0.05, 0.1) is 12.2 Å². The van der Waals surface area contributed by atoms with Crippen LogP contribution in [0.1, 0.15) is 42.9 Å². The number of anilines is 1. The number of H-pyrrole nitrogens is 1. The monoisotopic (exact) mass is 483 g/mol. The van der Waals surface area contributed by atoms with E-state index in [4.69, 9.17) is 11.6 Å². The quantitative estimate of drug-likeness (QED) is 0.416. The molecule has 0 aliphatic heterocycles. The average molecular weight is 484 g/mol. The summed E-state index contributed by atoms with van der Waals surface area (Å²) in [5.74, 6) is 0.458. The third-order valence-electron chi connectivity index (χ3n) is 4.84. The maximum absolute atomic E-state index is 12.6. The van der Waals surface area contributed by atoms with E-state index in [1.54, 1.807) is 6.20 Å². The third kappa shape index (κ3) is 3.46. The second-order valence-electron chi connectivity index (χ2n) is 6.59. The van der Waals surface area contributed by atoms with E-state index in [2.05, 4.69) is 49.0 Å². The lowest BCUT2D eigenvalue weighted by atomic mass is 10.1. The van der Waals surface area contributed by atoms with Gasteiger partial charge >= 0.3 is 0 Å². The first-order valence-electron chi connectivity index (χ1n) is 8.70. The zero-order chi connectivity index (χ0) is 18.1. The Morgan fingerprint density at radius 1 is 1.35 bits per heavy atom. The maximum atomic E-state index is 12.6. The molecule has 1 saturated carbocycles. The first-order valence-corrected chi connectivity index (χ1v) is 10.6. The van der Waals surface area contributed by atoms with Crippen molar-refractivity contribution in [3.05, 3.63) is 50.9 Å². The van der Waals surface area contributed by atoms with Crippen LogP contribution in [0.15, 0.2) is 29.2 Å². The molecule has 0 unspecified atom stereocenters. The summed E-state index contributed by atoms with van der Waals surface area (Å²) in [6.45, 7) is 0.562. The molecule has 6 nitrogen and oxygen atoms in total. The van der Waals surface area contributed by atoms with Crippen molar-refractivity contribution in [2.75, 3.05) is 5.32 Å². The summed E-state index contributed by atoms with van der Waals surface area (Å²) in [5.41, 5.74) is 3.24. The van der Waals surface area contributed by atoms with Gasteiger partial charge in [-0.25, -0.2) is 4.98 Å². The Balaban J connectivity index is 1.57. The van der Waals surface area contributed by atoms with Crippen LogP contribution < -0.4 is 10.9 Å². The number of aromatic amines is 1. The molecule has 1 aromatic carbocycles. The minimum absolute atomic E-state index is 0.147. The Labute approximate surface area is 169 Å². The van der Waals surface area contributed by atoms with Gasteiger partial charge < -0.3 is 5.32 Å². The molecule has 0 radical (unpaired) electrons. The van der Waals surface area contributed by atoms with E-state index in [0.29, 0.717) is 29.6 Å². The molecule has 2 heterocycles. The number of hydrogen-bond acceptors (Lipinski definition) is 4. The van der Waals surface area contributed by atoms with E-state index >= 15 is 0 Å². The van der Waals surface area contributed by atoms with Crippen LogP contribution >= 0.6 is 34.2 Å². The number of benzene rings is 1. The largest absolute Gasteiger partial charge is 0.352 e. The van der Waals surface area contributed by atoms with E-state index in [-0.39, 0.29) is 5.56 Å². The van der Waals surface area contributed by atoms with Crippen LogP contribution in [0.5, 0.6) is 0 Å². The van der Waals surface area contributed by atoms with Gasteiger partial charge in [0.15, 0.2) is 5.52 Å². The van der Waals surface area contributed by atoms with Crippen molar-refractivity contribution in [1.82, 2.24) is 19.7 Å². The fourth-order valence-corrected chi connectivity index (χ4v) is 4.55. The summed E-state index contributed by atoms with van der Waals surface area (Å²) >= 11 is 8.45. The molecular formula is C18H19ClIN5O. The van der Waals surface area contributed by atoms with Crippen LogP contribution in [-0.4, -0.2) is 19.7 Å². The maximum Gasteiger partial charge on any atom is 0.278 e. The third-order valence-corrected chi connectivity index (χ3v) is 6.03. The minimum Gasteiger partial charge on any atom is -0.352 e. The van der Waals surface area contributed by atoms with E-state index in [9.17, 15) is 4.79 Å². The Hall–Kier alpha value is -1.61. The molecule has 1 aliphatic rings. The summed E-state index contributed by atoms with van der Waals surface area (Å²) in [6, 6.07) is 6.25. The van der Waals surface area contributed by atoms with Gasteiger partial charge in [0.2, 0.25) is 5.95 Å². The predicted molar refractivity (Wildman–Crippen MR) is 112 cm³/mol. The normalized spacial score (nSPS) is 15.0. The van der Waals surface area contributed by atoms with Crippen molar-refractivity contribution >= 4 is 51.2 Å². The lowest BCUT2D eigenvalue weighted by molar-refractivity contribution is 0.480. The summed E-state index contributed by atoms with van der Waals surface area (Å²) < 4.78 is 2.70. The van der Waals surface area contributed by atoms with Crippen molar-refractivity contribution in [3.63, 3.8) is 0 Å². The molecular weight excluding hydrogens is 465 g/mol. The van der Waals surface area contributed by atoms with Gasteiger partial charge in [-0.05, 0) is 30.0 Å². The number of alkyl halides is 1. The van der Waals surface area contributed by atoms with Crippen LogP contribution in [0.25, 0.3) is 11.0 Å². The van der Waals surface area contributed by atoms with Crippen molar-refractivity contribution in [3.8, 4) is 0 Å². The van der Waals surface area contributed by atoms with E-state index < -0.39 is 0 Å². The molecule has 26 heavy (non-hydrogen) atoms. The second-order valence-corrected chi connectivity index (χ2v) is 7.76. The Bertz CT molecular complexity index is 993. The number of rotatable bonds is 5. The van der Waals surface area contributed by atoms with Crippen LogP contribution in [0.2, 0.25) is 5.02 Å². The highest BCUT2D eigenvalue weighted by atomic mass is 127. The SMILES string of the molecule is O=c1[nH]c(NCc2ccc(Cl)c(CI)c2)nc2cnn(C3CCCC3)c12. The van der Waals surface area contributed by atoms with Gasteiger partial charge in [-0.2, -0.15) is 5.10 Å². The standard InChI is InChI=1S/C18H19ClIN5O/c19-14-6-5-11(7-12(14)8-20)9-21-18-23-15-10-22-25(13-3-1-2-4-13)16(15)17(26)24-18/h5-7,10,13H,1-4,8-9H2,(H2,21,23,24,26). The van der Waals surface area contributed by atoms with Gasteiger partial charge in [0.25, 0.3) is 5.56 Å². The summed E-state index contributed by atoms with van der Waals surface area (Å²) in [7, 11) is 0. The molecule has 0 saturated heterocycles. The number of fused-ring (bicyclic) bond motifs is 1. The molecule has 1 fully saturated rings. The molecule has 8 heteroatoms. The van der Waals surface area contributed by atoms with Gasteiger partial charge in [-0.1, -0.05) is 59.2 Å². The molecule has 2 N–H and O–H groups in total. The highest BCUT2D eigenvalue weighted by Crippen LogP contribution is 2.30. The molecule has 0 atom stereocenters. The Morgan fingerprint density at radius 3 is 2.92 bits per heavy atom. The lowest BCUT2D eigenvalue weighted by Crippen LogP contribution is -2.17. The highest BCUT2D eigenvalue weighted by Gasteiger charge is 2.21. The number of nitrogens with zero attached hydrogens (tertiary/aromatic N) is 3. The fraction of sp³-hybridized carbons (Fsp3) is 0.389. The Morgan fingerprint density at radius 2 is 2.15 bits per heavy atom. The Kier molecular flexibility index (Phi) is 5.17. The van der Waals surface area contributed by atoms with Crippen LogP contribution in [0.3, 0.4) is 0 Å². The first-order chi connectivity index (χ1) is 12.7. The fourth-order valence-electron chi connectivity index (χ4n) is 3.51. The number of nitrogens with one attached hydrogen (secondary N) is 2. The average Bonchev–Trinajstić information content (AvgIpc) is 3.30. The predicted octanol–water partition coefficient (Wildman–Crippen LogP) is 4.44. The van der Waals surface area contributed by atoms with Crippen molar-refractivity contribution < 1.29 is 0 Å². The summed E-state index contributed by atoms with van der Waals surface area (Å²) in [4.78, 5) is 19.9. The topological polar surface area (TPSA) is 75.6 Å². The van der Waals surface area contributed by atoms with Crippen LogP contribution in [0.4, 0.5) is 5.95 Å². The zero-order valence-corrected chi connectivity index (χ0v) is 17.0. The molecule has 4 rings (SSSR count). The number of hydrogen-bond donors (Lipinski definition) is 2. The van der Waals surface area contributed by atoms with E-state index in [1.165, 1.54) is 12.8 Å². The van der Waals surface area contributed by atoms with E-state index in [1.807, 2.05) is 16.8 Å². The van der Waals surface area contributed by atoms with Crippen molar-refractivity contribution in [1.29, 1.82) is 0 Å². The molecule has 2 aromatic heterocycles. The van der Waals surface area contributed by atoms with Gasteiger partial charge in [0.1, 0.15) is 5.52 Å². The summed E-state index contributed by atoms with van der Waals surface area (Å²) in [5, 5.41) is 8.39. The number of aromatic nitrogens is 4. The number of halogens is 2. The zero-order valence-electron chi connectivity index (χ0n) is 14.1. The van der Waals surface area contributed by atoms with Crippen molar-refractivity contribution in [2.24, 2.45) is 0 Å². The van der Waals surface area contributed by atoms with Crippen LogP contribution in [-0.2, 0) is 11.0 Å². The molecule has 3 aromatic rings. The first kappa shape index (κ1) is 17.8. The molecule has 1 aliphatic carbocycles. The lowest BCUT2D eigenvalue weighted by Gasteiger charge is -2.11. The minimum atomic E-state index is -0.147. The van der Waals surface area contributed by atoms with Crippen molar-refractivity contribution in [2.45, 2.75) is 42.7 Å².